The van der Waals surface area contributed by atoms with Crippen molar-refractivity contribution in [2.75, 3.05) is 60.7 Å². The van der Waals surface area contributed by atoms with Crippen LogP contribution in [-0.4, -0.2) is 98.9 Å². The van der Waals surface area contributed by atoms with Crippen LogP contribution in [0.1, 0.15) is 48.0 Å². The molecule has 0 radical (unpaired) electrons. The summed E-state index contributed by atoms with van der Waals surface area (Å²) in [6.07, 6.45) is 0.312. The van der Waals surface area contributed by atoms with Crippen LogP contribution in [-0.2, 0) is 14.3 Å². The zero-order chi connectivity index (χ0) is 33.2. The van der Waals surface area contributed by atoms with Crippen molar-refractivity contribution in [2.45, 2.75) is 37.7 Å². The Bertz CT molecular complexity index is 1550. The Hall–Kier alpha value is -4.00. The van der Waals surface area contributed by atoms with Crippen molar-refractivity contribution in [3.63, 3.8) is 0 Å². The van der Waals surface area contributed by atoms with Crippen molar-refractivity contribution >= 4 is 29.1 Å². The molecule has 0 aromatic heterocycles. The number of ketones is 2. The highest BCUT2D eigenvalue weighted by Gasteiger charge is 2.61. The number of ether oxygens (including phenoxy) is 5. The number of methoxy groups -OCH3 is 3. The number of nitrogens with zero attached hydrogens (tertiary/aromatic N) is 1. The van der Waals surface area contributed by atoms with Crippen molar-refractivity contribution in [1.29, 1.82) is 0 Å². The van der Waals surface area contributed by atoms with E-state index in [0.717, 1.165) is 19.6 Å². The minimum Gasteiger partial charge on any atom is -0.507 e. The van der Waals surface area contributed by atoms with E-state index in [1.807, 2.05) is 0 Å². The third-order valence-electron chi connectivity index (χ3n) is 8.93. The summed E-state index contributed by atoms with van der Waals surface area (Å²) in [6.45, 7) is 5.86. The number of allylic oxidation sites excluding steroid dienone is 1. The van der Waals surface area contributed by atoms with Crippen LogP contribution in [0.2, 0.25) is 5.02 Å². The van der Waals surface area contributed by atoms with E-state index in [0.29, 0.717) is 31.7 Å². The van der Waals surface area contributed by atoms with E-state index in [-0.39, 0.29) is 63.7 Å². The van der Waals surface area contributed by atoms with Gasteiger partial charge in [-0.25, -0.2) is 0 Å². The van der Waals surface area contributed by atoms with Gasteiger partial charge in [-0.2, -0.15) is 0 Å². The number of hydrogen-bond acceptors (Lipinski definition) is 11. The fraction of sp³-hybridized carbons (Fsp3) is 0.485. The number of carbonyl (C=O) groups is 3. The molecule has 12 nitrogen and oxygen atoms in total. The van der Waals surface area contributed by atoms with Gasteiger partial charge in [0.25, 0.3) is 0 Å². The number of halogens is 1. The molecule has 46 heavy (non-hydrogen) atoms. The topological polar surface area (TPSA) is 153 Å². The number of aliphatic hydroxyl groups excluding tert-OH is 1. The van der Waals surface area contributed by atoms with Gasteiger partial charge in [-0.15, -0.1) is 0 Å². The van der Waals surface area contributed by atoms with E-state index >= 15 is 0 Å². The van der Waals surface area contributed by atoms with E-state index in [9.17, 15) is 24.6 Å². The van der Waals surface area contributed by atoms with Gasteiger partial charge in [0, 0.05) is 56.0 Å². The second-order valence-electron chi connectivity index (χ2n) is 11.6. The Morgan fingerprint density at radius 1 is 1.09 bits per heavy atom. The van der Waals surface area contributed by atoms with Gasteiger partial charge in [-0.3, -0.25) is 19.3 Å². The van der Waals surface area contributed by atoms with Gasteiger partial charge in [0.2, 0.25) is 17.3 Å². The fourth-order valence-electron chi connectivity index (χ4n) is 6.45. The number of hydrogen-bond donors (Lipinski definition) is 3. The van der Waals surface area contributed by atoms with Gasteiger partial charge in [0.15, 0.2) is 28.8 Å². The van der Waals surface area contributed by atoms with E-state index in [4.69, 9.17) is 35.3 Å². The number of phenolic OH excluding ortho intramolecular Hbond substituents is 1. The molecule has 3 N–H and O–H groups in total. The van der Waals surface area contributed by atoms with E-state index in [1.54, 1.807) is 13.0 Å². The Labute approximate surface area is 272 Å². The fourth-order valence-corrected chi connectivity index (χ4v) is 6.71. The molecule has 2 aromatic rings. The number of fused-ring (bicyclic) bond motifs is 1. The van der Waals surface area contributed by atoms with Crippen LogP contribution in [0.25, 0.3) is 0 Å². The lowest BCUT2D eigenvalue weighted by Crippen LogP contribution is -2.53. The number of aromatic hydroxyl groups is 1. The monoisotopic (exact) mass is 658 g/mol. The first kappa shape index (κ1) is 33.4. The summed E-state index contributed by atoms with van der Waals surface area (Å²) in [7, 11) is 4.16. The molecule has 3 aliphatic rings. The molecule has 2 aromatic carbocycles. The summed E-state index contributed by atoms with van der Waals surface area (Å²) in [6, 6.07) is 5.88. The maximum absolute atomic E-state index is 14.3. The van der Waals surface area contributed by atoms with Gasteiger partial charge in [-0.05, 0) is 30.7 Å². The van der Waals surface area contributed by atoms with Crippen molar-refractivity contribution in [3.8, 4) is 28.7 Å². The number of phenols is 1. The van der Waals surface area contributed by atoms with Crippen LogP contribution in [0.4, 0.5) is 0 Å². The van der Waals surface area contributed by atoms with Gasteiger partial charge in [0.1, 0.15) is 22.1 Å². The number of nitrogens with one attached hydrogen (secondary N) is 1. The number of aliphatic hydroxyl groups is 1. The summed E-state index contributed by atoms with van der Waals surface area (Å²) in [5, 5.41) is 25.2. The first-order chi connectivity index (χ1) is 22.1. The summed E-state index contributed by atoms with van der Waals surface area (Å²) < 4.78 is 27.8. The van der Waals surface area contributed by atoms with Crippen LogP contribution in [0.3, 0.4) is 0 Å². The first-order valence-corrected chi connectivity index (χ1v) is 15.5. The smallest absolute Gasteiger partial charge is 0.231 e. The lowest BCUT2D eigenvalue weighted by molar-refractivity contribution is -0.121. The third kappa shape index (κ3) is 5.96. The lowest BCUT2D eigenvalue weighted by Gasteiger charge is -2.38. The maximum Gasteiger partial charge on any atom is 0.231 e. The number of amides is 1. The first-order valence-electron chi connectivity index (χ1n) is 15.2. The van der Waals surface area contributed by atoms with Gasteiger partial charge >= 0.3 is 0 Å². The van der Waals surface area contributed by atoms with Crippen LogP contribution in [0, 0.1) is 5.92 Å². The largest absolute Gasteiger partial charge is 0.507 e. The minimum atomic E-state index is -2.01. The number of benzene rings is 2. The molecule has 1 fully saturated rings. The SMILES string of the molecule is COc1cc(C(CC(=O)NCCCN2CCOCC2)C2=C(O)[C@@]3(Oc4c(Cl)c(OC)cc(OC)c4C3=O)[C@H](C)CC2=O)ccc1O. The molecule has 2 aliphatic heterocycles. The van der Waals surface area contributed by atoms with Gasteiger partial charge < -0.3 is 39.2 Å². The molecule has 1 spiro atoms. The molecule has 0 bridgehead atoms. The van der Waals surface area contributed by atoms with Gasteiger partial charge in [0.05, 0.1) is 34.5 Å². The molecular weight excluding hydrogens is 620 g/mol. The molecule has 1 amide bonds. The summed E-state index contributed by atoms with van der Waals surface area (Å²) >= 11 is 6.57. The quantitative estimate of drug-likeness (QED) is 0.302. The summed E-state index contributed by atoms with van der Waals surface area (Å²) in [5.41, 5.74) is -1.72. The van der Waals surface area contributed by atoms with Gasteiger partial charge in [-0.1, -0.05) is 24.6 Å². The second-order valence-corrected chi connectivity index (χ2v) is 12.0. The van der Waals surface area contributed by atoms with Crippen LogP contribution in [0.5, 0.6) is 28.7 Å². The standard InChI is InChI=1S/C33H39ClN2O10/c1-18-14-22(38)27(31(40)33(18)32(41)28-24(43-3)17-25(44-4)29(34)30(28)46-33)20(19-6-7-21(37)23(15-19)42-2)16-26(39)35-8-5-9-36-10-12-45-13-11-36/h6-7,15,17-18,20,37,40H,5,8-14,16H2,1-4H3,(H,35,39)/t18-,20?,33+/m1/s1. The molecule has 1 unspecified atom stereocenters. The van der Waals surface area contributed by atoms with Crippen LogP contribution < -0.4 is 24.3 Å². The minimum absolute atomic E-state index is 0.0123. The number of rotatable bonds is 11. The molecule has 5 rings (SSSR count). The molecule has 0 saturated carbocycles. The van der Waals surface area contributed by atoms with Crippen molar-refractivity contribution in [1.82, 2.24) is 10.2 Å². The van der Waals surface area contributed by atoms with Crippen molar-refractivity contribution < 1.29 is 48.3 Å². The third-order valence-corrected chi connectivity index (χ3v) is 9.29. The number of morpholine rings is 1. The normalized spacial score (nSPS) is 22.0. The Balaban J connectivity index is 1.52. The zero-order valence-electron chi connectivity index (χ0n) is 26.3. The molecule has 2 heterocycles. The Morgan fingerprint density at radius 2 is 1.78 bits per heavy atom. The highest BCUT2D eigenvalue weighted by Crippen LogP contribution is 2.56. The lowest BCUT2D eigenvalue weighted by atomic mass is 9.69. The second kappa shape index (κ2) is 13.8. The number of Topliss-reactive ketones (excluding diaryl/α,β-unsaturated/α-hetero) is 2. The summed E-state index contributed by atoms with van der Waals surface area (Å²) in [5.74, 6) is -3.60. The Morgan fingerprint density at radius 3 is 2.46 bits per heavy atom. The van der Waals surface area contributed by atoms with E-state index < -0.39 is 34.8 Å². The molecule has 3 atom stereocenters. The maximum atomic E-state index is 14.3. The molecular formula is C33H39ClN2O10. The Kier molecular flexibility index (Phi) is 9.99. The zero-order valence-corrected chi connectivity index (χ0v) is 27.1. The van der Waals surface area contributed by atoms with Crippen LogP contribution in [0.15, 0.2) is 35.6 Å². The van der Waals surface area contributed by atoms with E-state index in [2.05, 4.69) is 10.2 Å². The average Bonchev–Trinajstić information content (AvgIpc) is 3.37. The predicted molar refractivity (Wildman–Crippen MR) is 168 cm³/mol. The van der Waals surface area contributed by atoms with Crippen LogP contribution >= 0.6 is 11.6 Å². The van der Waals surface area contributed by atoms with E-state index in [1.165, 1.54) is 39.5 Å². The average molecular weight is 659 g/mol. The highest BCUT2D eigenvalue weighted by molar-refractivity contribution is 6.35. The molecule has 1 aliphatic carbocycles. The summed E-state index contributed by atoms with van der Waals surface area (Å²) in [4.78, 5) is 43.7. The van der Waals surface area contributed by atoms with Crippen molar-refractivity contribution in [2.24, 2.45) is 5.92 Å². The molecule has 1 saturated heterocycles. The molecule has 248 valence electrons. The predicted octanol–water partition coefficient (Wildman–Crippen LogP) is 3.82. The highest BCUT2D eigenvalue weighted by atomic mass is 35.5. The van der Waals surface area contributed by atoms with Crippen molar-refractivity contribution in [3.05, 3.63) is 51.7 Å². The molecule has 13 heteroatoms. The number of carbonyl (C=O) groups excluding carboxylic acids is 3.